The Morgan fingerprint density at radius 1 is 1.30 bits per heavy atom. The summed E-state index contributed by atoms with van der Waals surface area (Å²) < 4.78 is 39.3. The number of ether oxygens (including phenoxy) is 3. The van der Waals surface area contributed by atoms with Crippen molar-refractivity contribution in [1.82, 2.24) is 5.32 Å². The summed E-state index contributed by atoms with van der Waals surface area (Å²) in [6, 6.07) is 4.58. The number of para-hydroxylation sites is 1. The molecule has 0 spiro atoms. The maximum absolute atomic E-state index is 12.4. The second-order valence-corrected chi connectivity index (χ2v) is 4.04. The van der Waals surface area contributed by atoms with Crippen LogP contribution >= 0.6 is 0 Å². The van der Waals surface area contributed by atoms with Crippen LogP contribution in [0.2, 0.25) is 0 Å². The molecule has 1 aromatic rings. The van der Waals surface area contributed by atoms with Gasteiger partial charge in [-0.1, -0.05) is 12.1 Å². The number of hydrogen-bond donors (Lipinski definition) is 2. The molecule has 0 fully saturated rings. The van der Waals surface area contributed by atoms with Crippen LogP contribution in [0.5, 0.6) is 11.5 Å². The van der Waals surface area contributed by atoms with Gasteiger partial charge in [0.15, 0.2) is 11.5 Å². The lowest BCUT2D eigenvalue weighted by molar-refractivity contribution is -0.0519. The molecule has 0 radical (unpaired) electrons. The predicted molar refractivity (Wildman–Crippen MR) is 69.2 cm³/mol. The fourth-order valence-electron chi connectivity index (χ4n) is 1.72. The summed E-state index contributed by atoms with van der Waals surface area (Å²) in [5.41, 5.74) is 0.513. The molecule has 1 aromatic carbocycles. The second kappa shape index (κ2) is 8.68. The van der Waals surface area contributed by atoms with E-state index >= 15 is 0 Å². The number of methoxy groups -OCH3 is 2. The molecule has 114 valence electrons. The Morgan fingerprint density at radius 3 is 2.60 bits per heavy atom. The van der Waals surface area contributed by atoms with Crippen molar-refractivity contribution in [1.29, 1.82) is 0 Å². The summed E-state index contributed by atoms with van der Waals surface area (Å²) in [6.45, 7) is -2.50. The number of halogens is 2. The van der Waals surface area contributed by atoms with Crippen molar-refractivity contribution in [3.8, 4) is 11.5 Å². The summed E-state index contributed by atoms with van der Waals surface area (Å²) in [5, 5.41) is 12.1. The molecule has 0 bridgehead atoms. The Bertz CT molecular complexity index is 404. The molecule has 0 aliphatic heterocycles. The van der Waals surface area contributed by atoms with Crippen molar-refractivity contribution in [3.63, 3.8) is 0 Å². The molecule has 0 aliphatic carbocycles. The molecular formula is C13H19F2NO4. The largest absolute Gasteiger partial charge is 0.493 e. The molecule has 1 rings (SSSR count). The molecule has 0 aromatic heterocycles. The number of aliphatic hydroxyl groups excluding tert-OH is 1. The van der Waals surface area contributed by atoms with Crippen LogP contribution in [0, 0.1) is 0 Å². The topological polar surface area (TPSA) is 60.0 Å². The zero-order valence-corrected chi connectivity index (χ0v) is 11.4. The van der Waals surface area contributed by atoms with Crippen molar-refractivity contribution in [2.45, 2.75) is 19.2 Å². The van der Waals surface area contributed by atoms with Crippen LogP contribution in [0.3, 0.4) is 0 Å². The fourth-order valence-corrected chi connectivity index (χ4v) is 1.72. The Labute approximate surface area is 116 Å². The molecule has 2 N–H and O–H groups in total. The minimum absolute atomic E-state index is 0.00777. The molecular weight excluding hydrogens is 272 g/mol. The average molecular weight is 291 g/mol. The Hall–Kier alpha value is -1.44. The van der Waals surface area contributed by atoms with Crippen molar-refractivity contribution in [3.05, 3.63) is 23.8 Å². The monoisotopic (exact) mass is 291 g/mol. The maximum atomic E-state index is 12.4. The van der Waals surface area contributed by atoms with Crippen LogP contribution < -0.4 is 14.8 Å². The quantitative estimate of drug-likeness (QED) is 0.720. The molecule has 0 heterocycles. The SMILES string of the molecule is COCC(CO)NCc1cccc(OC)c1OC(F)F. The number of rotatable bonds is 9. The first-order valence-electron chi connectivity index (χ1n) is 6.06. The van der Waals surface area contributed by atoms with E-state index in [0.29, 0.717) is 12.2 Å². The zero-order chi connectivity index (χ0) is 15.0. The molecule has 5 nitrogen and oxygen atoms in total. The normalized spacial score (nSPS) is 12.5. The number of benzene rings is 1. The van der Waals surface area contributed by atoms with Gasteiger partial charge in [-0.15, -0.1) is 0 Å². The van der Waals surface area contributed by atoms with E-state index in [1.54, 1.807) is 18.2 Å². The van der Waals surface area contributed by atoms with Gasteiger partial charge in [0, 0.05) is 19.2 Å². The first-order valence-corrected chi connectivity index (χ1v) is 6.06. The molecule has 20 heavy (non-hydrogen) atoms. The zero-order valence-electron chi connectivity index (χ0n) is 11.4. The average Bonchev–Trinajstić information content (AvgIpc) is 2.44. The van der Waals surface area contributed by atoms with Crippen LogP contribution in [0.1, 0.15) is 5.56 Å². The van der Waals surface area contributed by atoms with E-state index in [4.69, 9.17) is 14.6 Å². The lowest BCUT2D eigenvalue weighted by Gasteiger charge is -2.18. The summed E-state index contributed by atoms with van der Waals surface area (Å²) in [6.07, 6.45) is 0. The highest BCUT2D eigenvalue weighted by molar-refractivity contribution is 5.46. The highest BCUT2D eigenvalue weighted by atomic mass is 19.3. The van der Waals surface area contributed by atoms with Gasteiger partial charge in [0.05, 0.1) is 26.4 Å². The van der Waals surface area contributed by atoms with Crippen LogP contribution in [0.4, 0.5) is 8.78 Å². The van der Waals surface area contributed by atoms with E-state index in [-0.39, 0.29) is 30.7 Å². The number of aliphatic hydroxyl groups is 1. The third-order valence-corrected chi connectivity index (χ3v) is 2.66. The lowest BCUT2D eigenvalue weighted by Crippen LogP contribution is -2.36. The van der Waals surface area contributed by atoms with Crippen LogP contribution in [-0.4, -0.2) is 45.2 Å². The van der Waals surface area contributed by atoms with Gasteiger partial charge in [0.25, 0.3) is 0 Å². The maximum Gasteiger partial charge on any atom is 0.387 e. The molecule has 0 aliphatic rings. The number of hydrogen-bond acceptors (Lipinski definition) is 5. The third kappa shape index (κ3) is 4.92. The first-order chi connectivity index (χ1) is 9.62. The third-order valence-electron chi connectivity index (χ3n) is 2.66. The Morgan fingerprint density at radius 2 is 2.05 bits per heavy atom. The van der Waals surface area contributed by atoms with Crippen molar-refractivity contribution >= 4 is 0 Å². The van der Waals surface area contributed by atoms with E-state index in [2.05, 4.69) is 10.1 Å². The molecule has 0 saturated carbocycles. The summed E-state index contributed by atoms with van der Waals surface area (Å²) >= 11 is 0. The van der Waals surface area contributed by atoms with Gasteiger partial charge in [-0.05, 0) is 6.07 Å². The smallest absolute Gasteiger partial charge is 0.387 e. The first kappa shape index (κ1) is 16.6. The van der Waals surface area contributed by atoms with Crippen LogP contribution in [0.15, 0.2) is 18.2 Å². The fraction of sp³-hybridized carbons (Fsp3) is 0.538. The Balaban J connectivity index is 2.82. The standard InChI is InChI=1S/C13H19F2NO4/c1-18-8-10(7-17)16-6-9-4-3-5-11(19-2)12(9)20-13(14)15/h3-5,10,13,16-17H,6-8H2,1-2H3. The molecule has 0 amide bonds. The van der Waals surface area contributed by atoms with Gasteiger partial charge in [-0.25, -0.2) is 0 Å². The van der Waals surface area contributed by atoms with E-state index in [0.717, 1.165) is 0 Å². The van der Waals surface area contributed by atoms with Gasteiger partial charge in [0.2, 0.25) is 0 Å². The van der Waals surface area contributed by atoms with E-state index in [1.165, 1.54) is 14.2 Å². The summed E-state index contributed by atoms with van der Waals surface area (Å²) in [5.74, 6) is 0.225. The molecule has 0 saturated heterocycles. The van der Waals surface area contributed by atoms with Crippen molar-refractivity contribution < 1.29 is 28.1 Å². The molecule has 1 unspecified atom stereocenters. The summed E-state index contributed by atoms with van der Waals surface area (Å²) in [4.78, 5) is 0. The minimum atomic E-state index is -2.93. The predicted octanol–water partition coefficient (Wildman–Crippen LogP) is 1.39. The van der Waals surface area contributed by atoms with E-state index in [1.807, 2.05) is 0 Å². The molecule has 7 heteroatoms. The van der Waals surface area contributed by atoms with E-state index in [9.17, 15) is 8.78 Å². The Kier molecular flexibility index (Phi) is 7.21. The van der Waals surface area contributed by atoms with Gasteiger partial charge in [0.1, 0.15) is 0 Å². The van der Waals surface area contributed by atoms with Crippen molar-refractivity contribution in [2.24, 2.45) is 0 Å². The van der Waals surface area contributed by atoms with Crippen molar-refractivity contribution in [2.75, 3.05) is 27.4 Å². The van der Waals surface area contributed by atoms with E-state index < -0.39 is 6.61 Å². The lowest BCUT2D eigenvalue weighted by atomic mass is 10.1. The summed E-state index contributed by atoms with van der Waals surface area (Å²) in [7, 11) is 2.90. The van der Waals surface area contributed by atoms with Gasteiger partial charge in [-0.3, -0.25) is 0 Å². The minimum Gasteiger partial charge on any atom is -0.493 e. The van der Waals surface area contributed by atoms with Gasteiger partial charge in [-0.2, -0.15) is 8.78 Å². The number of alkyl halides is 2. The van der Waals surface area contributed by atoms with Gasteiger partial charge >= 0.3 is 6.61 Å². The van der Waals surface area contributed by atoms with Gasteiger partial charge < -0.3 is 24.6 Å². The molecule has 1 atom stereocenters. The number of nitrogens with one attached hydrogen (secondary N) is 1. The highest BCUT2D eigenvalue weighted by Crippen LogP contribution is 2.32. The second-order valence-electron chi connectivity index (χ2n) is 4.04. The van der Waals surface area contributed by atoms with Crippen LogP contribution in [-0.2, 0) is 11.3 Å². The highest BCUT2D eigenvalue weighted by Gasteiger charge is 2.16. The van der Waals surface area contributed by atoms with Crippen LogP contribution in [0.25, 0.3) is 0 Å².